The second kappa shape index (κ2) is 8.91. The maximum Gasteiger partial charge on any atom is 0.282 e. The number of halogens is 1. The molecule has 0 radical (unpaired) electrons. The number of pyridine rings is 1. The molecule has 1 aliphatic heterocycles. The van der Waals surface area contributed by atoms with E-state index in [1.165, 1.54) is 4.31 Å². The lowest BCUT2D eigenvalue weighted by Gasteiger charge is -2.29. The highest BCUT2D eigenvalue weighted by molar-refractivity contribution is 7.86. The molecule has 2 heterocycles. The standard InChI is InChI=1S/C21H28ClN3O2S/c1-4-24(5-2)28(26,27)25-12-8-11-21(25)20-15-17(13-16(3)23-20)14-18-9-6-7-10-19(18)22/h6-7,9-10,13,15,21H,4-5,8,11-12,14H2,1-3H3. The summed E-state index contributed by atoms with van der Waals surface area (Å²) in [6.07, 6.45) is 2.34. The minimum atomic E-state index is -3.48. The number of rotatable bonds is 7. The van der Waals surface area contributed by atoms with Crippen molar-refractivity contribution in [1.82, 2.24) is 13.6 Å². The summed E-state index contributed by atoms with van der Waals surface area (Å²) >= 11 is 6.32. The molecule has 0 spiro atoms. The van der Waals surface area contributed by atoms with Crippen LogP contribution in [0.1, 0.15) is 55.2 Å². The monoisotopic (exact) mass is 421 g/mol. The van der Waals surface area contributed by atoms with Crippen LogP contribution in [-0.4, -0.2) is 41.6 Å². The highest BCUT2D eigenvalue weighted by Gasteiger charge is 2.38. The van der Waals surface area contributed by atoms with Crippen LogP contribution in [0.2, 0.25) is 5.02 Å². The van der Waals surface area contributed by atoms with E-state index in [-0.39, 0.29) is 6.04 Å². The maximum atomic E-state index is 13.1. The summed E-state index contributed by atoms with van der Waals surface area (Å²) in [5, 5.41) is 0.741. The van der Waals surface area contributed by atoms with E-state index >= 15 is 0 Å². The predicted molar refractivity (Wildman–Crippen MR) is 114 cm³/mol. The van der Waals surface area contributed by atoms with Gasteiger partial charge in [0.15, 0.2) is 0 Å². The van der Waals surface area contributed by atoms with Crippen LogP contribution >= 0.6 is 11.6 Å². The molecular weight excluding hydrogens is 394 g/mol. The highest BCUT2D eigenvalue weighted by Crippen LogP contribution is 2.35. The maximum absolute atomic E-state index is 13.1. The van der Waals surface area contributed by atoms with Crippen molar-refractivity contribution in [3.8, 4) is 0 Å². The molecule has 0 saturated carbocycles. The van der Waals surface area contributed by atoms with Gasteiger partial charge in [0.1, 0.15) is 0 Å². The summed E-state index contributed by atoms with van der Waals surface area (Å²) in [6.45, 7) is 7.19. The first-order chi connectivity index (χ1) is 13.4. The molecular formula is C21H28ClN3O2S. The molecule has 1 atom stereocenters. The van der Waals surface area contributed by atoms with Gasteiger partial charge in [-0.25, -0.2) is 0 Å². The van der Waals surface area contributed by atoms with Crippen LogP contribution in [0.3, 0.4) is 0 Å². The smallest absolute Gasteiger partial charge is 0.256 e. The molecule has 1 unspecified atom stereocenters. The van der Waals surface area contributed by atoms with Gasteiger partial charge in [0.25, 0.3) is 10.2 Å². The molecule has 1 aromatic heterocycles. The number of nitrogens with zero attached hydrogens (tertiary/aromatic N) is 3. The van der Waals surface area contributed by atoms with E-state index in [4.69, 9.17) is 16.6 Å². The summed E-state index contributed by atoms with van der Waals surface area (Å²) in [5.41, 5.74) is 3.88. The van der Waals surface area contributed by atoms with Gasteiger partial charge in [-0.3, -0.25) is 4.98 Å². The fourth-order valence-corrected chi connectivity index (χ4v) is 5.96. The molecule has 1 fully saturated rings. The Morgan fingerprint density at radius 1 is 1.21 bits per heavy atom. The van der Waals surface area contributed by atoms with Crippen LogP contribution in [-0.2, 0) is 16.6 Å². The molecule has 0 aliphatic carbocycles. The molecule has 28 heavy (non-hydrogen) atoms. The third-order valence-electron chi connectivity index (χ3n) is 5.26. The number of benzene rings is 1. The molecule has 7 heteroatoms. The Morgan fingerprint density at radius 3 is 2.61 bits per heavy atom. The zero-order valence-electron chi connectivity index (χ0n) is 16.7. The first kappa shape index (κ1) is 21.2. The van der Waals surface area contributed by atoms with Crippen molar-refractivity contribution >= 4 is 21.8 Å². The molecule has 1 saturated heterocycles. The van der Waals surface area contributed by atoms with Crippen molar-refractivity contribution in [1.29, 1.82) is 0 Å². The zero-order valence-corrected chi connectivity index (χ0v) is 18.3. The topological polar surface area (TPSA) is 53.5 Å². The van der Waals surface area contributed by atoms with Gasteiger partial charge >= 0.3 is 0 Å². The summed E-state index contributed by atoms with van der Waals surface area (Å²) in [7, 11) is -3.48. The lowest BCUT2D eigenvalue weighted by Crippen LogP contribution is -2.43. The predicted octanol–water partition coefficient (Wildman–Crippen LogP) is 4.36. The van der Waals surface area contributed by atoms with E-state index < -0.39 is 10.2 Å². The van der Waals surface area contributed by atoms with Gasteiger partial charge in [0, 0.05) is 30.4 Å². The minimum absolute atomic E-state index is 0.213. The molecule has 0 bridgehead atoms. The van der Waals surface area contributed by atoms with E-state index in [9.17, 15) is 8.42 Å². The van der Waals surface area contributed by atoms with Crippen molar-refractivity contribution in [2.45, 2.75) is 46.1 Å². The summed E-state index contributed by atoms with van der Waals surface area (Å²) in [4.78, 5) is 4.70. The lowest BCUT2D eigenvalue weighted by molar-refractivity contribution is 0.334. The van der Waals surface area contributed by atoms with Crippen molar-refractivity contribution in [3.05, 3.63) is 63.9 Å². The minimum Gasteiger partial charge on any atom is -0.256 e. The van der Waals surface area contributed by atoms with Crippen molar-refractivity contribution < 1.29 is 8.42 Å². The largest absolute Gasteiger partial charge is 0.282 e. The van der Waals surface area contributed by atoms with E-state index in [0.717, 1.165) is 40.4 Å². The Hall–Kier alpha value is -1.47. The van der Waals surface area contributed by atoms with Gasteiger partial charge in [0.2, 0.25) is 0 Å². The van der Waals surface area contributed by atoms with Crippen molar-refractivity contribution in [2.24, 2.45) is 0 Å². The van der Waals surface area contributed by atoms with Crippen molar-refractivity contribution in [2.75, 3.05) is 19.6 Å². The molecule has 1 aromatic carbocycles. The summed E-state index contributed by atoms with van der Waals surface area (Å²) in [6, 6.07) is 11.7. The summed E-state index contributed by atoms with van der Waals surface area (Å²) in [5.74, 6) is 0. The Kier molecular flexibility index (Phi) is 6.76. The van der Waals surface area contributed by atoms with E-state index in [1.807, 2.05) is 57.2 Å². The first-order valence-corrected chi connectivity index (χ1v) is 11.6. The van der Waals surface area contributed by atoms with Crippen molar-refractivity contribution in [3.63, 3.8) is 0 Å². The molecule has 2 aromatic rings. The molecule has 0 amide bonds. The Bertz CT molecular complexity index is 929. The SMILES string of the molecule is CCN(CC)S(=O)(=O)N1CCCC1c1cc(Cc2ccccc2Cl)cc(C)n1. The van der Waals surface area contributed by atoms with Gasteiger partial charge in [0.05, 0.1) is 11.7 Å². The molecule has 3 rings (SSSR count). The molecule has 5 nitrogen and oxygen atoms in total. The number of hydrogen-bond donors (Lipinski definition) is 0. The Balaban J connectivity index is 1.92. The fraction of sp³-hybridized carbons (Fsp3) is 0.476. The second-order valence-corrected chi connectivity index (χ2v) is 9.46. The Morgan fingerprint density at radius 2 is 1.93 bits per heavy atom. The van der Waals surface area contributed by atoms with E-state index in [0.29, 0.717) is 26.1 Å². The number of aromatic nitrogens is 1. The molecule has 152 valence electrons. The molecule has 1 aliphatic rings. The van der Waals surface area contributed by atoms with Crippen LogP contribution in [0.15, 0.2) is 36.4 Å². The van der Waals surface area contributed by atoms with Crippen LogP contribution in [0.25, 0.3) is 0 Å². The first-order valence-electron chi connectivity index (χ1n) is 9.84. The van der Waals surface area contributed by atoms with Gasteiger partial charge < -0.3 is 0 Å². The van der Waals surface area contributed by atoms with Gasteiger partial charge in [-0.05, 0) is 55.5 Å². The number of hydrogen-bond acceptors (Lipinski definition) is 3. The van der Waals surface area contributed by atoms with Crippen LogP contribution in [0.4, 0.5) is 0 Å². The second-order valence-electron chi connectivity index (χ2n) is 7.17. The van der Waals surface area contributed by atoms with Crippen LogP contribution in [0.5, 0.6) is 0 Å². The molecule has 0 N–H and O–H groups in total. The van der Waals surface area contributed by atoms with Gasteiger partial charge in [-0.1, -0.05) is 43.6 Å². The lowest BCUT2D eigenvalue weighted by atomic mass is 10.0. The van der Waals surface area contributed by atoms with Gasteiger partial charge in [-0.15, -0.1) is 0 Å². The van der Waals surface area contributed by atoms with E-state index in [2.05, 4.69) is 0 Å². The average molecular weight is 422 g/mol. The highest BCUT2D eigenvalue weighted by atomic mass is 35.5. The Labute approximate surface area is 173 Å². The quantitative estimate of drug-likeness (QED) is 0.667. The third-order valence-corrected chi connectivity index (χ3v) is 7.83. The van der Waals surface area contributed by atoms with E-state index in [1.54, 1.807) is 4.31 Å². The average Bonchev–Trinajstić information content (AvgIpc) is 3.15. The van der Waals surface area contributed by atoms with Crippen LogP contribution in [0, 0.1) is 6.92 Å². The number of aryl methyl sites for hydroxylation is 1. The normalized spacial score (nSPS) is 18.1. The third kappa shape index (κ3) is 4.40. The van der Waals surface area contributed by atoms with Gasteiger partial charge in [-0.2, -0.15) is 17.0 Å². The fourth-order valence-electron chi connectivity index (χ4n) is 3.91. The zero-order chi connectivity index (χ0) is 20.3. The van der Waals surface area contributed by atoms with Crippen LogP contribution < -0.4 is 0 Å². The summed E-state index contributed by atoms with van der Waals surface area (Å²) < 4.78 is 29.3.